The fourth-order valence-corrected chi connectivity index (χ4v) is 4.07. The first-order valence-electron chi connectivity index (χ1n) is 5.60. The van der Waals surface area contributed by atoms with Crippen molar-refractivity contribution in [2.45, 2.75) is 17.9 Å². The molecule has 1 aromatic carbocycles. The molecule has 8 heteroatoms. The largest absolute Gasteiger partial charge is 0.312 e. The topological polar surface area (TPSA) is 49.4 Å². The molecule has 1 saturated heterocycles. The molecule has 1 N–H and O–H groups in total. The molecule has 4 nitrogen and oxygen atoms in total. The molecule has 0 radical (unpaired) electrons. The summed E-state index contributed by atoms with van der Waals surface area (Å²) in [6, 6.07) is 3.91. The van der Waals surface area contributed by atoms with Gasteiger partial charge in [-0.3, -0.25) is 0 Å². The fraction of sp³-hybridized carbons (Fsp3) is 0.455. The molecule has 2 rings (SSSR count). The van der Waals surface area contributed by atoms with E-state index in [1.807, 2.05) is 6.92 Å². The third-order valence-electron chi connectivity index (χ3n) is 2.85. The molecule has 0 aliphatic carbocycles. The van der Waals surface area contributed by atoms with Gasteiger partial charge in [-0.05, 0) is 19.1 Å². The molecule has 19 heavy (non-hydrogen) atoms. The van der Waals surface area contributed by atoms with Crippen molar-refractivity contribution in [3.05, 3.63) is 29.0 Å². The van der Waals surface area contributed by atoms with Gasteiger partial charge in [-0.2, -0.15) is 4.31 Å². The summed E-state index contributed by atoms with van der Waals surface area (Å²) < 4.78 is 39.7. The number of benzene rings is 1. The van der Waals surface area contributed by atoms with E-state index in [4.69, 9.17) is 11.6 Å². The van der Waals surface area contributed by atoms with Crippen molar-refractivity contribution in [2.75, 3.05) is 19.6 Å². The lowest BCUT2D eigenvalue weighted by atomic mass is 10.3. The number of halogens is 3. The van der Waals surface area contributed by atoms with Crippen molar-refractivity contribution in [3.8, 4) is 0 Å². The van der Waals surface area contributed by atoms with Crippen molar-refractivity contribution >= 4 is 34.0 Å². The number of rotatable bonds is 2. The van der Waals surface area contributed by atoms with Gasteiger partial charge in [0.2, 0.25) is 10.0 Å². The van der Waals surface area contributed by atoms with Gasteiger partial charge in [0, 0.05) is 25.7 Å². The lowest BCUT2D eigenvalue weighted by Crippen LogP contribution is -2.51. The van der Waals surface area contributed by atoms with Crippen molar-refractivity contribution in [1.29, 1.82) is 0 Å². The van der Waals surface area contributed by atoms with E-state index < -0.39 is 20.7 Å². The minimum absolute atomic E-state index is 0. The molecule has 0 amide bonds. The Labute approximate surface area is 123 Å². The smallest absolute Gasteiger partial charge is 0.247 e. The van der Waals surface area contributed by atoms with Crippen LogP contribution in [-0.4, -0.2) is 38.4 Å². The summed E-state index contributed by atoms with van der Waals surface area (Å²) in [5.41, 5.74) is 0. The minimum atomic E-state index is -3.87. The van der Waals surface area contributed by atoms with Crippen LogP contribution in [0, 0.1) is 5.82 Å². The number of hydrogen-bond acceptors (Lipinski definition) is 3. The second-order valence-electron chi connectivity index (χ2n) is 4.27. The second kappa shape index (κ2) is 6.37. The van der Waals surface area contributed by atoms with Crippen LogP contribution in [0.15, 0.2) is 23.1 Å². The molecule has 108 valence electrons. The molecule has 0 bridgehead atoms. The van der Waals surface area contributed by atoms with E-state index in [1.54, 1.807) is 0 Å². The van der Waals surface area contributed by atoms with Crippen molar-refractivity contribution < 1.29 is 12.8 Å². The lowest BCUT2D eigenvalue weighted by molar-refractivity contribution is 0.309. The third-order valence-corrected chi connectivity index (χ3v) is 5.22. The zero-order valence-electron chi connectivity index (χ0n) is 10.3. The highest BCUT2D eigenvalue weighted by Crippen LogP contribution is 2.27. The van der Waals surface area contributed by atoms with Crippen LogP contribution in [0.2, 0.25) is 5.02 Å². The fourth-order valence-electron chi connectivity index (χ4n) is 1.97. The predicted octanol–water partition coefficient (Wildman–Crippen LogP) is 1.88. The summed E-state index contributed by atoms with van der Waals surface area (Å²) in [7, 11) is -3.87. The molecular weight excluding hydrogens is 314 g/mol. The lowest BCUT2D eigenvalue weighted by Gasteiger charge is -2.31. The average Bonchev–Trinajstić information content (AvgIpc) is 2.28. The standard InChI is InChI=1S/C11H14ClFN2O2S.ClH/c1-8-7-15(6-5-14-8)18(16,17)11-9(12)3-2-4-10(11)13;/h2-4,8,14H,5-7H2,1H3;1H. The van der Waals surface area contributed by atoms with Gasteiger partial charge < -0.3 is 5.32 Å². The van der Waals surface area contributed by atoms with E-state index in [9.17, 15) is 12.8 Å². The maximum Gasteiger partial charge on any atom is 0.247 e. The average molecular weight is 329 g/mol. The first kappa shape index (κ1) is 16.7. The van der Waals surface area contributed by atoms with Gasteiger partial charge in [0.05, 0.1) is 5.02 Å². The van der Waals surface area contributed by atoms with E-state index in [-0.39, 0.29) is 23.5 Å². The Bertz CT molecular complexity index is 533. The van der Waals surface area contributed by atoms with Gasteiger partial charge in [0.25, 0.3) is 0 Å². The van der Waals surface area contributed by atoms with Crippen LogP contribution in [-0.2, 0) is 10.0 Å². The van der Waals surface area contributed by atoms with Gasteiger partial charge in [-0.25, -0.2) is 12.8 Å². The monoisotopic (exact) mass is 328 g/mol. The normalized spacial score (nSPS) is 20.9. The Hall–Kier alpha value is -0.400. The molecule has 1 aliphatic heterocycles. The summed E-state index contributed by atoms with van der Waals surface area (Å²) >= 11 is 5.81. The van der Waals surface area contributed by atoms with Crippen molar-refractivity contribution in [1.82, 2.24) is 9.62 Å². The van der Waals surface area contributed by atoms with Crippen LogP contribution in [0.4, 0.5) is 4.39 Å². The third kappa shape index (κ3) is 3.38. The van der Waals surface area contributed by atoms with Gasteiger partial charge in [-0.1, -0.05) is 17.7 Å². The Morgan fingerprint density at radius 2 is 2.16 bits per heavy atom. The Morgan fingerprint density at radius 1 is 1.47 bits per heavy atom. The molecule has 1 atom stereocenters. The summed E-state index contributed by atoms with van der Waals surface area (Å²) in [4.78, 5) is -0.430. The number of nitrogens with zero attached hydrogens (tertiary/aromatic N) is 1. The highest BCUT2D eigenvalue weighted by molar-refractivity contribution is 7.89. The zero-order valence-corrected chi connectivity index (χ0v) is 12.7. The van der Waals surface area contributed by atoms with Gasteiger partial charge in [-0.15, -0.1) is 12.4 Å². The van der Waals surface area contributed by atoms with E-state index >= 15 is 0 Å². The highest BCUT2D eigenvalue weighted by atomic mass is 35.5. The van der Waals surface area contributed by atoms with Crippen LogP contribution in [0.3, 0.4) is 0 Å². The number of piperazine rings is 1. The minimum Gasteiger partial charge on any atom is -0.312 e. The molecule has 0 spiro atoms. The summed E-state index contributed by atoms with van der Waals surface area (Å²) in [6.45, 7) is 3.06. The number of hydrogen-bond donors (Lipinski definition) is 1. The molecular formula is C11H15Cl2FN2O2S. The van der Waals surface area contributed by atoms with Crippen molar-refractivity contribution in [2.24, 2.45) is 0 Å². The van der Waals surface area contributed by atoms with Crippen LogP contribution in [0.25, 0.3) is 0 Å². The van der Waals surface area contributed by atoms with Crippen LogP contribution < -0.4 is 5.32 Å². The maximum absolute atomic E-state index is 13.7. The van der Waals surface area contributed by atoms with E-state index in [2.05, 4.69) is 5.32 Å². The van der Waals surface area contributed by atoms with E-state index in [1.165, 1.54) is 16.4 Å². The summed E-state index contributed by atoms with van der Waals surface area (Å²) in [5.74, 6) is -0.811. The van der Waals surface area contributed by atoms with Gasteiger partial charge in [0.15, 0.2) is 0 Å². The molecule has 0 saturated carbocycles. The molecule has 1 heterocycles. The Morgan fingerprint density at radius 3 is 2.74 bits per heavy atom. The first-order chi connectivity index (χ1) is 8.43. The summed E-state index contributed by atoms with van der Waals surface area (Å²) in [5, 5.41) is 3.05. The van der Waals surface area contributed by atoms with Crippen LogP contribution >= 0.6 is 24.0 Å². The van der Waals surface area contributed by atoms with Gasteiger partial charge in [0.1, 0.15) is 10.7 Å². The van der Waals surface area contributed by atoms with Crippen LogP contribution in [0.5, 0.6) is 0 Å². The first-order valence-corrected chi connectivity index (χ1v) is 7.42. The number of sulfonamides is 1. The molecule has 1 aromatic rings. The highest BCUT2D eigenvalue weighted by Gasteiger charge is 2.32. The van der Waals surface area contributed by atoms with E-state index in [0.717, 1.165) is 6.07 Å². The Kier molecular flexibility index (Phi) is 5.58. The molecule has 1 fully saturated rings. The van der Waals surface area contributed by atoms with E-state index in [0.29, 0.717) is 19.6 Å². The maximum atomic E-state index is 13.7. The second-order valence-corrected chi connectivity index (χ2v) is 6.55. The zero-order chi connectivity index (χ0) is 13.3. The van der Waals surface area contributed by atoms with Crippen LogP contribution in [0.1, 0.15) is 6.92 Å². The Balaban J connectivity index is 0.00000180. The van der Waals surface area contributed by atoms with Crippen molar-refractivity contribution in [3.63, 3.8) is 0 Å². The SMILES string of the molecule is CC1CN(S(=O)(=O)c2c(F)cccc2Cl)CCN1.Cl. The molecule has 0 aromatic heterocycles. The number of nitrogens with one attached hydrogen (secondary N) is 1. The molecule has 1 aliphatic rings. The quantitative estimate of drug-likeness (QED) is 0.901. The predicted molar refractivity (Wildman–Crippen MR) is 74.9 cm³/mol. The van der Waals surface area contributed by atoms with Gasteiger partial charge >= 0.3 is 0 Å². The summed E-state index contributed by atoms with van der Waals surface area (Å²) in [6.07, 6.45) is 0. The molecule has 1 unspecified atom stereocenters.